The van der Waals surface area contributed by atoms with Crippen molar-refractivity contribution in [3.05, 3.63) is 47.4 Å². The van der Waals surface area contributed by atoms with Gasteiger partial charge in [0.1, 0.15) is 12.2 Å². The van der Waals surface area contributed by atoms with Gasteiger partial charge < -0.3 is 9.88 Å². The second kappa shape index (κ2) is 5.11. The Hall–Kier alpha value is -1.72. The number of benzene rings is 1. The van der Waals surface area contributed by atoms with E-state index in [9.17, 15) is 0 Å². The van der Waals surface area contributed by atoms with E-state index in [-0.39, 0.29) is 0 Å². The Morgan fingerprint density at radius 1 is 1.37 bits per heavy atom. The van der Waals surface area contributed by atoms with Crippen LogP contribution in [0.5, 0.6) is 0 Å². The molecule has 1 unspecified atom stereocenters. The molecule has 0 spiro atoms. The van der Waals surface area contributed by atoms with E-state index in [1.54, 1.807) is 6.33 Å². The number of hydrogen-bond acceptors (Lipinski definition) is 4. The summed E-state index contributed by atoms with van der Waals surface area (Å²) in [6.45, 7) is 2.91. The van der Waals surface area contributed by atoms with Crippen molar-refractivity contribution in [3.8, 4) is 0 Å². The molecule has 0 aliphatic heterocycles. The highest BCUT2D eigenvalue weighted by atomic mass is 32.1. The molecular formula is C14H16N4S. The number of nitrogens with one attached hydrogen (secondary N) is 1. The third kappa shape index (κ3) is 2.52. The first kappa shape index (κ1) is 12.3. The van der Waals surface area contributed by atoms with E-state index in [0.29, 0.717) is 6.04 Å². The topological polar surface area (TPSA) is 42.7 Å². The van der Waals surface area contributed by atoms with E-state index in [4.69, 9.17) is 0 Å². The minimum Gasteiger partial charge on any atom is -0.320 e. The number of aryl methyl sites for hydroxylation is 1. The van der Waals surface area contributed by atoms with Crippen molar-refractivity contribution < 1.29 is 0 Å². The van der Waals surface area contributed by atoms with Gasteiger partial charge in [-0.1, -0.05) is 18.2 Å². The van der Waals surface area contributed by atoms with Crippen LogP contribution in [0.1, 0.15) is 23.7 Å². The van der Waals surface area contributed by atoms with E-state index >= 15 is 0 Å². The summed E-state index contributed by atoms with van der Waals surface area (Å²) in [4.78, 5) is 1.35. The Labute approximate surface area is 116 Å². The highest BCUT2D eigenvalue weighted by Gasteiger charge is 2.10. The summed E-state index contributed by atoms with van der Waals surface area (Å²) in [6, 6.07) is 11.1. The lowest BCUT2D eigenvalue weighted by Gasteiger charge is -2.11. The van der Waals surface area contributed by atoms with Gasteiger partial charge in [0.05, 0.1) is 6.54 Å². The SMILES string of the molecule is CC(NCc1nncn1C)c1cc2ccccc2s1. The van der Waals surface area contributed by atoms with Crippen LogP contribution in [0, 0.1) is 0 Å². The van der Waals surface area contributed by atoms with Gasteiger partial charge in [0, 0.05) is 22.7 Å². The summed E-state index contributed by atoms with van der Waals surface area (Å²) < 4.78 is 3.27. The lowest BCUT2D eigenvalue weighted by molar-refractivity contribution is 0.555. The fraction of sp³-hybridized carbons (Fsp3) is 0.286. The summed E-state index contributed by atoms with van der Waals surface area (Å²) in [6.07, 6.45) is 1.72. The Balaban J connectivity index is 1.73. The maximum Gasteiger partial charge on any atom is 0.146 e. The van der Waals surface area contributed by atoms with Crippen LogP contribution >= 0.6 is 11.3 Å². The zero-order valence-corrected chi connectivity index (χ0v) is 11.8. The molecule has 98 valence electrons. The lowest BCUT2D eigenvalue weighted by Crippen LogP contribution is -2.19. The van der Waals surface area contributed by atoms with E-state index < -0.39 is 0 Å². The summed E-state index contributed by atoms with van der Waals surface area (Å²) in [5, 5.41) is 12.8. The van der Waals surface area contributed by atoms with Gasteiger partial charge in [-0.2, -0.15) is 0 Å². The van der Waals surface area contributed by atoms with Crippen LogP contribution in [0.4, 0.5) is 0 Å². The number of hydrogen-bond donors (Lipinski definition) is 1. The summed E-state index contributed by atoms with van der Waals surface area (Å²) in [5.41, 5.74) is 0. The van der Waals surface area contributed by atoms with Crippen molar-refractivity contribution in [2.45, 2.75) is 19.5 Å². The maximum atomic E-state index is 4.08. The Morgan fingerprint density at radius 2 is 2.21 bits per heavy atom. The summed E-state index contributed by atoms with van der Waals surface area (Å²) >= 11 is 1.84. The van der Waals surface area contributed by atoms with Crippen LogP contribution in [0.25, 0.3) is 10.1 Å². The molecule has 0 amide bonds. The van der Waals surface area contributed by atoms with E-state index in [1.165, 1.54) is 15.0 Å². The Morgan fingerprint density at radius 3 is 2.95 bits per heavy atom. The van der Waals surface area contributed by atoms with Gasteiger partial charge in [-0.3, -0.25) is 0 Å². The van der Waals surface area contributed by atoms with Crippen molar-refractivity contribution in [2.75, 3.05) is 0 Å². The fourth-order valence-corrected chi connectivity index (χ4v) is 3.12. The van der Waals surface area contributed by atoms with Crippen molar-refractivity contribution in [1.29, 1.82) is 0 Å². The number of thiophene rings is 1. The predicted molar refractivity (Wildman–Crippen MR) is 78.1 cm³/mol. The summed E-state index contributed by atoms with van der Waals surface area (Å²) in [5.74, 6) is 0.952. The van der Waals surface area contributed by atoms with Gasteiger partial charge >= 0.3 is 0 Å². The van der Waals surface area contributed by atoms with Crippen LogP contribution in [0.3, 0.4) is 0 Å². The molecule has 0 saturated carbocycles. The second-order valence-electron chi connectivity index (χ2n) is 4.65. The molecule has 4 nitrogen and oxygen atoms in total. The largest absolute Gasteiger partial charge is 0.320 e. The number of aromatic nitrogens is 3. The maximum absolute atomic E-state index is 4.08. The molecule has 0 aliphatic rings. The predicted octanol–water partition coefficient (Wildman–Crippen LogP) is 2.88. The average Bonchev–Trinajstić information content (AvgIpc) is 3.01. The monoisotopic (exact) mass is 272 g/mol. The van der Waals surface area contributed by atoms with Gasteiger partial charge in [0.25, 0.3) is 0 Å². The zero-order valence-electron chi connectivity index (χ0n) is 11.0. The highest BCUT2D eigenvalue weighted by Crippen LogP contribution is 2.29. The normalized spacial score (nSPS) is 12.9. The standard InChI is InChI=1S/C14H16N4S/c1-10(15-8-14-17-16-9-18(14)2)13-7-11-5-3-4-6-12(11)19-13/h3-7,9-10,15H,8H2,1-2H3. The smallest absolute Gasteiger partial charge is 0.146 e. The Kier molecular flexibility index (Phi) is 3.31. The first-order chi connectivity index (χ1) is 9.24. The molecule has 0 aliphatic carbocycles. The molecule has 5 heteroatoms. The zero-order chi connectivity index (χ0) is 13.2. The molecule has 1 atom stereocenters. The molecule has 2 heterocycles. The molecule has 1 aromatic carbocycles. The van der Waals surface area contributed by atoms with Crippen molar-refractivity contribution in [3.63, 3.8) is 0 Å². The van der Waals surface area contributed by atoms with E-state index in [1.807, 2.05) is 23.0 Å². The van der Waals surface area contributed by atoms with Crippen LogP contribution < -0.4 is 5.32 Å². The van der Waals surface area contributed by atoms with Crippen LogP contribution in [0.15, 0.2) is 36.7 Å². The van der Waals surface area contributed by atoms with Gasteiger partial charge in [0.2, 0.25) is 0 Å². The third-order valence-electron chi connectivity index (χ3n) is 3.24. The highest BCUT2D eigenvalue weighted by molar-refractivity contribution is 7.19. The quantitative estimate of drug-likeness (QED) is 0.794. The number of fused-ring (bicyclic) bond motifs is 1. The van der Waals surface area contributed by atoms with Gasteiger partial charge in [0.15, 0.2) is 0 Å². The van der Waals surface area contributed by atoms with Gasteiger partial charge in [-0.15, -0.1) is 21.5 Å². The fourth-order valence-electron chi connectivity index (χ4n) is 2.03. The molecule has 2 aromatic heterocycles. The minimum absolute atomic E-state index is 0.314. The van der Waals surface area contributed by atoms with Crippen molar-refractivity contribution >= 4 is 21.4 Å². The molecular weight excluding hydrogens is 256 g/mol. The third-order valence-corrected chi connectivity index (χ3v) is 4.54. The minimum atomic E-state index is 0.314. The molecule has 3 aromatic rings. The van der Waals surface area contributed by atoms with Crippen LogP contribution in [-0.2, 0) is 13.6 Å². The molecule has 0 saturated heterocycles. The molecule has 19 heavy (non-hydrogen) atoms. The summed E-state index contributed by atoms with van der Waals surface area (Å²) in [7, 11) is 1.96. The second-order valence-corrected chi connectivity index (χ2v) is 5.76. The lowest BCUT2D eigenvalue weighted by atomic mass is 10.2. The molecule has 3 rings (SSSR count). The van der Waals surface area contributed by atoms with E-state index in [0.717, 1.165) is 12.4 Å². The van der Waals surface area contributed by atoms with E-state index in [2.05, 4.69) is 52.8 Å². The first-order valence-electron chi connectivity index (χ1n) is 6.29. The number of rotatable bonds is 4. The van der Waals surface area contributed by atoms with Crippen LogP contribution in [-0.4, -0.2) is 14.8 Å². The first-order valence-corrected chi connectivity index (χ1v) is 7.10. The average molecular weight is 272 g/mol. The number of nitrogens with zero attached hydrogens (tertiary/aromatic N) is 3. The Bertz CT molecular complexity index is 652. The van der Waals surface area contributed by atoms with Gasteiger partial charge in [-0.05, 0) is 24.4 Å². The molecule has 0 bridgehead atoms. The molecule has 0 radical (unpaired) electrons. The van der Waals surface area contributed by atoms with Crippen molar-refractivity contribution in [2.24, 2.45) is 7.05 Å². The molecule has 0 fully saturated rings. The van der Waals surface area contributed by atoms with Crippen LogP contribution in [0.2, 0.25) is 0 Å². The molecule has 1 N–H and O–H groups in total. The van der Waals surface area contributed by atoms with Crippen molar-refractivity contribution in [1.82, 2.24) is 20.1 Å². The van der Waals surface area contributed by atoms with Gasteiger partial charge in [-0.25, -0.2) is 0 Å².